The molecule has 0 spiro atoms. The third-order valence-electron chi connectivity index (χ3n) is 5.76. The van der Waals surface area contributed by atoms with Gasteiger partial charge >= 0.3 is 6.09 Å². The van der Waals surface area contributed by atoms with Crippen molar-refractivity contribution in [2.24, 2.45) is 5.92 Å². The van der Waals surface area contributed by atoms with Crippen LogP contribution in [-0.2, 0) is 6.54 Å². The highest BCUT2D eigenvalue weighted by atomic mass is 16.4. The highest BCUT2D eigenvalue weighted by molar-refractivity contribution is 6.00. The van der Waals surface area contributed by atoms with E-state index < -0.39 is 6.09 Å². The summed E-state index contributed by atoms with van der Waals surface area (Å²) in [6.07, 6.45) is 10.8. The molecule has 2 N–H and O–H groups in total. The van der Waals surface area contributed by atoms with E-state index in [-0.39, 0.29) is 0 Å². The second kappa shape index (κ2) is 8.58. The molecular formula is C21H31N3O2. The summed E-state index contributed by atoms with van der Waals surface area (Å²) in [4.78, 5) is 18.2. The third-order valence-corrected chi connectivity index (χ3v) is 5.76. The molecule has 1 saturated carbocycles. The van der Waals surface area contributed by atoms with E-state index >= 15 is 0 Å². The van der Waals surface area contributed by atoms with E-state index in [1.165, 1.54) is 55.4 Å². The molecular weight excluding hydrogens is 326 g/mol. The van der Waals surface area contributed by atoms with Gasteiger partial charge < -0.3 is 15.0 Å². The quantitative estimate of drug-likeness (QED) is 0.709. The molecule has 0 saturated heterocycles. The van der Waals surface area contributed by atoms with E-state index in [1.54, 1.807) is 7.05 Å². The van der Waals surface area contributed by atoms with Crippen molar-refractivity contribution in [3.8, 4) is 0 Å². The third kappa shape index (κ3) is 4.39. The van der Waals surface area contributed by atoms with Crippen molar-refractivity contribution in [2.75, 3.05) is 25.5 Å². The number of nitrogens with zero attached hydrogens (tertiary/aromatic N) is 2. The fourth-order valence-corrected chi connectivity index (χ4v) is 4.14. The van der Waals surface area contributed by atoms with Crippen molar-refractivity contribution < 1.29 is 9.90 Å². The molecule has 0 radical (unpaired) electrons. The van der Waals surface area contributed by atoms with Crippen molar-refractivity contribution in [3.63, 3.8) is 0 Å². The van der Waals surface area contributed by atoms with Crippen LogP contribution in [0.25, 0.3) is 10.9 Å². The number of rotatable bonds is 6. The number of amides is 1. The van der Waals surface area contributed by atoms with Gasteiger partial charge in [0.15, 0.2) is 0 Å². The van der Waals surface area contributed by atoms with Crippen LogP contribution >= 0.6 is 0 Å². The fourth-order valence-electron chi connectivity index (χ4n) is 4.14. The number of aromatic nitrogens is 1. The monoisotopic (exact) mass is 357 g/mol. The molecule has 5 nitrogen and oxygen atoms in total. The zero-order chi connectivity index (χ0) is 18.5. The molecule has 2 aromatic rings. The first-order chi connectivity index (χ1) is 12.6. The predicted octanol–water partition coefficient (Wildman–Crippen LogP) is 5.07. The Hall–Kier alpha value is -2.01. The lowest BCUT2D eigenvalue weighted by atomic mass is 9.96. The maximum Gasteiger partial charge on any atom is 0.411 e. The van der Waals surface area contributed by atoms with Crippen LogP contribution in [0.5, 0.6) is 0 Å². The number of aromatic amines is 1. The van der Waals surface area contributed by atoms with E-state index in [0.29, 0.717) is 5.69 Å². The lowest BCUT2D eigenvalue weighted by molar-refractivity contribution is 0.203. The summed E-state index contributed by atoms with van der Waals surface area (Å²) in [7, 11) is 3.76. The molecule has 1 aromatic carbocycles. The van der Waals surface area contributed by atoms with Crippen LogP contribution in [0.15, 0.2) is 24.4 Å². The zero-order valence-electron chi connectivity index (χ0n) is 16.0. The maximum absolute atomic E-state index is 11.3. The van der Waals surface area contributed by atoms with Gasteiger partial charge in [-0.15, -0.1) is 0 Å². The molecule has 1 amide bonds. The van der Waals surface area contributed by atoms with E-state index in [1.807, 2.05) is 18.3 Å². The summed E-state index contributed by atoms with van der Waals surface area (Å²) in [5.74, 6) is 0.888. The summed E-state index contributed by atoms with van der Waals surface area (Å²) in [6.45, 7) is 2.00. The molecule has 1 fully saturated rings. The number of hydrogen-bond donors (Lipinski definition) is 2. The molecule has 142 valence electrons. The molecule has 5 heteroatoms. The summed E-state index contributed by atoms with van der Waals surface area (Å²) < 4.78 is 0. The molecule has 1 heterocycles. The Bertz CT molecular complexity index is 732. The van der Waals surface area contributed by atoms with Gasteiger partial charge in [-0.2, -0.15) is 0 Å². The number of carboxylic acid groups (broad SMARTS) is 1. The second-order valence-electron chi connectivity index (χ2n) is 7.74. The average molecular weight is 357 g/mol. The largest absolute Gasteiger partial charge is 0.465 e. The van der Waals surface area contributed by atoms with Crippen molar-refractivity contribution >= 4 is 22.7 Å². The Balaban J connectivity index is 1.65. The first-order valence-corrected chi connectivity index (χ1v) is 9.80. The van der Waals surface area contributed by atoms with Gasteiger partial charge in [-0.3, -0.25) is 4.90 Å². The van der Waals surface area contributed by atoms with Gasteiger partial charge in [0.25, 0.3) is 0 Å². The van der Waals surface area contributed by atoms with Crippen LogP contribution in [0.4, 0.5) is 10.5 Å². The van der Waals surface area contributed by atoms with Gasteiger partial charge in [-0.25, -0.2) is 4.79 Å². The molecule has 1 aromatic heterocycles. The van der Waals surface area contributed by atoms with Gasteiger partial charge in [-0.05, 0) is 37.6 Å². The van der Waals surface area contributed by atoms with Crippen molar-refractivity contribution in [1.29, 1.82) is 0 Å². The van der Waals surface area contributed by atoms with Crippen molar-refractivity contribution in [2.45, 2.75) is 51.5 Å². The van der Waals surface area contributed by atoms with Gasteiger partial charge in [0.1, 0.15) is 0 Å². The van der Waals surface area contributed by atoms with E-state index in [4.69, 9.17) is 0 Å². The Morgan fingerprint density at radius 1 is 1.19 bits per heavy atom. The molecule has 1 aliphatic carbocycles. The lowest BCUT2D eigenvalue weighted by Gasteiger charge is -2.20. The van der Waals surface area contributed by atoms with Crippen LogP contribution in [0.3, 0.4) is 0 Å². The molecule has 1 aliphatic rings. The highest BCUT2D eigenvalue weighted by Gasteiger charge is 2.16. The summed E-state index contributed by atoms with van der Waals surface area (Å²) in [5, 5.41) is 10.4. The summed E-state index contributed by atoms with van der Waals surface area (Å²) >= 11 is 0. The van der Waals surface area contributed by atoms with E-state index in [9.17, 15) is 9.90 Å². The number of anilines is 1. The maximum atomic E-state index is 11.3. The number of fused-ring (bicyclic) bond motifs is 1. The Kier molecular flexibility index (Phi) is 6.20. The second-order valence-corrected chi connectivity index (χ2v) is 7.74. The number of hydrogen-bond acceptors (Lipinski definition) is 2. The molecule has 26 heavy (non-hydrogen) atoms. The first-order valence-electron chi connectivity index (χ1n) is 9.80. The Morgan fingerprint density at radius 3 is 2.62 bits per heavy atom. The van der Waals surface area contributed by atoms with Gasteiger partial charge in [0.2, 0.25) is 0 Å². The number of para-hydroxylation sites is 1. The van der Waals surface area contributed by atoms with Crippen molar-refractivity contribution in [1.82, 2.24) is 9.88 Å². The van der Waals surface area contributed by atoms with Crippen LogP contribution in [0.1, 0.15) is 50.5 Å². The summed E-state index contributed by atoms with van der Waals surface area (Å²) in [5.41, 5.74) is 2.82. The molecule has 0 bridgehead atoms. The fraction of sp³-hybridized carbons (Fsp3) is 0.571. The van der Waals surface area contributed by atoms with E-state index in [0.717, 1.165) is 29.9 Å². The van der Waals surface area contributed by atoms with Crippen LogP contribution in [0.2, 0.25) is 0 Å². The standard InChI is InChI=1S/C21H31N3O2/c1-23(13-12-16-8-5-3-4-6-9-16)15-17-14-22-20-18(17)10-7-11-19(20)24(2)21(25)26/h7,10-11,14,16,22H,3-6,8-9,12-13,15H2,1-2H3,(H,25,26). The molecule has 0 aliphatic heterocycles. The van der Waals surface area contributed by atoms with Crippen molar-refractivity contribution in [3.05, 3.63) is 30.0 Å². The Labute approximate surface area is 156 Å². The van der Waals surface area contributed by atoms with Gasteiger partial charge in [0, 0.05) is 25.2 Å². The SMILES string of the molecule is CN(CCC1CCCCCC1)Cc1c[nH]c2c(N(C)C(=O)O)cccc12. The minimum Gasteiger partial charge on any atom is -0.465 e. The number of H-pyrrole nitrogens is 1. The number of carbonyl (C=O) groups is 1. The average Bonchev–Trinajstić information content (AvgIpc) is 2.86. The van der Waals surface area contributed by atoms with E-state index in [2.05, 4.69) is 23.0 Å². The summed E-state index contributed by atoms with van der Waals surface area (Å²) in [6, 6.07) is 5.84. The molecule has 0 atom stereocenters. The highest BCUT2D eigenvalue weighted by Crippen LogP contribution is 2.29. The minimum absolute atomic E-state index is 0.697. The van der Waals surface area contributed by atoms with Gasteiger partial charge in [0.05, 0.1) is 11.2 Å². The normalized spacial score (nSPS) is 16.1. The topological polar surface area (TPSA) is 59.6 Å². The number of nitrogens with one attached hydrogen (secondary N) is 1. The van der Waals surface area contributed by atoms with Crippen LogP contribution in [-0.4, -0.2) is 41.7 Å². The Morgan fingerprint density at radius 2 is 1.92 bits per heavy atom. The predicted molar refractivity (Wildman–Crippen MR) is 107 cm³/mol. The number of benzene rings is 1. The smallest absolute Gasteiger partial charge is 0.411 e. The zero-order valence-corrected chi connectivity index (χ0v) is 16.0. The lowest BCUT2D eigenvalue weighted by Crippen LogP contribution is -2.24. The molecule has 0 unspecified atom stereocenters. The van der Waals surface area contributed by atoms with Gasteiger partial charge in [-0.1, -0.05) is 50.7 Å². The first kappa shape index (κ1) is 18.8. The van der Waals surface area contributed by atoms with Crippen LogP contribution in [0, 0.1) is 5.92 Å². The molecule has 3 rings (SSSR count). The van der Waals surface area contributed by atoms with Crippen LogP contribution < -0.4 is 4.90 Å². The minimum atomic E-state index is -0.950.